The van der Waals surface area contributed by atoms with Crippen molar-refractivity contribution < 1.29 is 0 Å². The first kappa shape index (κ1) is 11.1. The highest BCUT2D eigenvalue weighted by molar-refractivity contribution is 7.71. The molecule has 0 amide bonds. The number of fused-ring (bicyclic) bond motifs is 2. The summed E-state index contributed by atoms with van der Waals surface area (Å²) < 4.78 is 0.441. The third-order valence-electron chi connectivity index (χ3n) is 2.69. The maximum Gasteiger partial charge on any atom is 0.257 e. The van der Waals surface area contributed by atoms with Crippen molar-refractivity contribution in [1.82, 2.24) is 19.9 Å². The van der Waals surface area contributed by atoms with Gasteiger partial charge in [0.05, 0.1) is 11.1 Å². The number of nitrogens with one attached hydrogen (secondary N) is 5. The molecule has 0 unspecified atom stereocenters. The first-order chi connectivity index (χ1) is 8.54. The first-order valence-electron chi connectivity index (χ1n) is 5.02. The smallest absolute Gasteiger partial charge is 0.257 e. The van der Waals surface area contributed by atoms with Crippen LogP contribution >= 0.6 is 24.4 Å². The fraction of sp³-hybridized carbons (Fsp3) is 0.111. The number of aromatic amines is 4. The summed E-state index contributed by atoms with van der Waals surface area (Å²) in [6, 6.07) is 0. The van der Waals surface area contributed by atoms with Gasteiger partial charge in [0.2, 0.25) is 0 Å². The predicted octanol–water partition coefficient (Wildman–Crippen LogP) is 0.826. The van der Waals surface area contributed by atoms with Crippen LogP contribution in [0.4, 0.5) is 11.6 Å². The maximum atomic E-state index is 11.7. The average Bonchev–Trinajstić information content (AvgIpc) is 2.26. The van der Waals surface area contributed by atoms with E-state index in [2.05, 4.69) is 25.3 Å². The van der Waals surface area contributed by atoms with Gasteiger partial charge in [-0.15, -0.1) is 0 Å². The van der Waals surface area contributed by atoms with Gasteiger partial charge >= 0.3 is 0 Å². The fourth-order valence-corrected chi connectivity index (χ4v) is 2.27. The van der Waals surface area contributed by atoms with E-state index >= 15 is 0 Å². The van der Waals surface area contributed by atoms with Crippen LogP contribution in [0.15, 0.2) is 9.59 Å². The Labute approximate surface area is 109 Å². The lowest BCUT2D eigenvalue weighted by Crippen LogP contribution is -2.27. The summed E-state index contributed by atoms with van der Waals surface area (Å²) in [6.45, 7) is 0. The van der Waals surface area contributed by atoms with E-state index in [4.69, 9.17) is 24.4 Å². The molecule has 0 aromatic carbocycles. The van der Waals surface area contributed by atoms with Gasteiger partial charge in [-0.2, -0.15) is 0 Å². The minimum absolute atomic E-state index is 0.209. The van der Waals surface area contributed by atoms with E-state index in [1.807, 2.05) is 0 Å². The normalized spacial score (nSPS) is 12.4. The molecule has 3 heterocycles. The number of hydrogen-bond acceptors (Lipinski definition) is 5. The summed E-state index contributed by atoms with van der Waals surface area (Å²) in [4.78, 5) is 34.1. The van der Waals surface area contributed by atoms with Crippen LogP contribution in [0.2, 0.25) is 0 Å². The molecule has 1 aliphatic rings. The third kappa shape index (κ3) is 1.64. The zero-order valence-corrected chi connectivity index (χ0v) is 10.5. The molecule has 2 aromatic heterocycles. The zero-order chi connectivity index (χ0) is 12.9. The lowest BCUT2D eigenvalue weighted by Gasteiger charge is -2.18. The molecule has 18 heavy (non-hydrogen) atoms. The lowest BCUT2D eigenvalue weighted by atomic mass is 10.1. The van der Waals surface area contributed by atoms with Crippen LogP contribution in [0, 0.1) is 9.54 Å². The van der Waals surface area contributed by atoms with E-state index in [-0.39, 0.29) is 27.1 Å². The highest BCUT2D eigenvalue weighted by atomic mass is 32.1. The molecular weight excluding hydrogens is 274 g/mol. The van der Waals surface area contributed by atoms with Crippen LogP contribution in [0.1, 0.15) is 11.1 Å². The summed E-state index contributed by atoms with van der Waals surface area (Å²) in [5.74, 6) is 0.958. The molecular formula is C9H7N5O2S2. The second kappa shape index (κ2) is 3.75. The molecule has 3 rings (SSSR count). The number of anilines is 2. The average molecular weight is 281 g/mol. The minimum atomic E-state index is -0.311. The Balaban J connectivity index is 2.30. The van der Waals surface area contributed by atoms with Crippen molar-refractivity contribution >= 4 is 36.1 Å². The topological polar surface area (TPSA) is 109 Å². The zero-order valence-electron chi connectivity index (χ0n) is 8.84. The van der Waals surface area contributed by atoms with Gasteiger partial charge in [-0.25, -0.2) is 0 Å². The summed E-state index contributed by atoms with van der Waals surface area (Å²) in [7, 11) is 0. The Hall–Kier alpha value is -2.00. The number of rotatable bonds is 0. The molecule has 0 saturated heterocycles. The van der Waals surface area contributed by atoms with Crippen LogP contribution in [0.5, 0.6) is 0 Å². The fourth-order valence-electron chi connectivity index (χ4n) is 1.88. The van der Waals surface area contributed by atoms with Gasteiger partial charge in [0, 0.05) is 6.42 Å². The SMILES string of the molecule is O=c1[nH]c(=S)[nH]c2c1Cc1c([nH]c(=S)[nH]c1=O)N2. The number of H-pyrrole nitrogens is 4. The van der Waals surface area contributed by atoms with Crippen molar-refractivity contribution in [3.8, 4) is 0 Å². The number of aromatic nitrogens is 4. The van der Waals surface area contributed by atoms with Crippen molar-refractivity contribution in [2.45, 2.75) is 6.42 Å². The molecule has 0 aliphatic carbocycles. The van der Waals surface area contributed by atoms with Crippen LogP contribution < -0.4 is 16.4 Å². The van der Waals surface area contributed by atoms with Crippen LogP contribution in [-0.4, -0.2) is 19.9 Å². The third-order valence-corrected chi connectivity index (χ3v) is 3.09. The molecule has 2 aromatic rings. The second-order valence-corrected chi connectivity index (χ2v) is 4.64. The van der Waals surface area contributed by atoms with Crippen molar-refractivity contribution in [2.75, 3.05) is 5.32 Å². The van der Waals surface area contributed by atoms with E-state index in [0.717, 1.165) is 0 Å². The lowest BCUT2D eigenvalue weighted by molar-refractivity contribution is 0.943. The van der Waals surface area contributed by atoms with Gasteiger partial charge in [-0.1, -0.05) is 0 Å². The standard InChI is InChI=1S/C9H7N5O2S2/c15-6-2-1-3-5(12-9(18)14-7(3)16)10-4(2)11-8(17)13-6/h1H2,(H5,10,11,12,13,14,15,16,17,18). The second-order valence-electron chi connectivity index (χ2n) is 3.83. The van der Waals surface area contributed by atoms with Crippen molar-refractivity contribution in [3.63, 3.8) is 0 Å². The minimum Gasteiger partial charge on any atom is -0.327 e. The number of hydrogen-bond donors (Lipinski definition) is 5. The molecule has 0 saturated carbocycles. The van der Waals surface area contributed by atoms with Gasteiger partial charge < -0.3 is 15.3 Å². The van der Waals surface area contributed by atoms with Gasteiger partial charge in [0.1, 0.15) is 11.6 Å². The molecule has 0 atom stereocenters. The van der Waals surface area contributed by atoms with Crippen LogP contribution in [0.3, 0.4) is 0 Å². The Kier molecular flexibility index (Phi) is 2.31. The summed E-state index contributed by atoms with van der Waals surface area (Å²) in [5, 5.41) is 2.92. The molecule has 0 radical (unpaired) electrons. The van der Waals surface area contributed by atoms with E-state index < -0.39 is 0 Å². The molecule has 9 heteroatoms. The molecule has 0 spiro atoms. The van der Waals surface area contributed by atoms with Crippen LogP contribution in [-0.2, 0) is 6.42 Å². The summed E-state index contributed by atoms with van der Waals surface area (Å²) in [5.41, 5.74) is 0.252. The van der Waals surface area contributed by atoms with Crippen molar-refractivity contribution in [2.24, 2.45) is 0 Å². The predicted molar refractivity (Wildman–Crippen MR) is 70.6 cm³/mol. The molecule has 92 valence electrons. The largest absolute Gasteiger partial charge is 0.327 e. The molecule has 7 nitrogen and oxygen atoms in total. The quantitative estimate of drug-likeness (QED) is 0.392. The maximum absolute atomic E-state index is 11.7. The Morgan fingerprint density at radius 1 is 0.778 bits per heavy atom. The molecule has 0 fully saturated rings. The van der Waals surface area contributed by atoms with E-state index in [1.165, 1.54) is 0 Å². The summed E-state index contributed by atoms with van der Waals surface area (Å²) in [6.07, 6.45) is 0.209. The molecule has 1 aliphatic heterocycles. The van der Waals surface area contributed by atoms with Gasteiger partial charge in [-0.05, 0) is 24.4 Å². The van der Waals surface area contributed by atoms with Gasteiger partial charge in [0.15, 0.2) is 9.54 Å². The highest BCUT2D eigenvalue weighted by Crippen LogP contribution is 2.24. The van der Waals surface area contributed by atoms with Crippen molar-refractivity contribution in [1.29, 1.82) is 0 Å². The Morgan fingerprint density at radius 3 is 1.67 bits per heavy atom. The monoisotopic (exact) mass is 281 g/mol. The van der Waals surface area contributed by atoms with E-state index in [9.17, 15) is 9.59 Å². The summed E-state index contributed by atoms with van der Waals surface area (Å²) >= 11 is 9.77. The molecule has 0 bridgehead atoms. The Bertz CT molecular complexity index is 800. The van der Waals surface area contributed by atoms with Crippen LogP contribution in [0.25, 0.3) is 0 Å². The van der Waals surface area contributed by atoms with Gasteiger partial charge in [0.25, 0.3) is 11.1 Å². The van der Waals surface area contributed by atoms with E-state index in [1.54, 1.807) is 0 Å². The van der Waals surface area contributed by atoms with E-state index in [0.29, 0.717) is 22.8 Å². The van der Waals surface area contributed by atoms with Crippen molar-refractivity contribution in [3.05, 3.63) is 41.4 Å². The highest BCUT2D eigenvalue weighted by Gasteiger charge is 2.21. The molecule has 5 N–H and O–H groups in total. The van der Waals surface area contributed by atoms with Gasteiger partial charge in [-0.3, -0.25) is 19.6 Å². The Morgan fingerprint density at radius 2 is 1.22 bits per heavy atom. The first-order valence-corrected chi connectivity index (χ1v) is 5.84.